The molecule has 2 aromatic carbocycles. The topological polar surface area (TPSA) is 80.2 Å². The molecule has 24 heavy (non-hydrogen) atoms. The van der Waals surface area contributed by atoms with Gasteiger partial charge in [0.25, 0.3) is 5.91 Å². The van der Waals surface area contributed by atoms with Gasteiger partial charge in [0.1, 0.15) is 5.75 Å². The second-order valence-electron chi connectivity index (χ2n) is 4.59. The summed E-state index contributed by atoms with van der Waals surface area (Å²) in [5.74, 6) is 0.485. The van der Waals surface area contributed by atoms with Crippen LogP contribution in [0.3, 0.4) is 0 Å². The summed E-state index contributed by atoms with van der Waals surface area (Å²) in [6.07, 6.45) is 1.45. The lowest BCUT2D eigenvalue weighted by molar-refractivity contribution is -0.123. The number of carbonyl (C=O) groups is 1. The van der Waals surface area contributed by atoms with E-state index in [9.17, 15) is 9.90 Å². The zero-order chi connectivity index (χ0) is 17.5. The summed E-state index contributed by atoms with van der Waals surface area (Å²) in [7, 11) is 1.46. The predicted molar refractivity (Wildman–Crippen MR) is 100 cm³/mol. The molecule has 0 saturated carbocycles. The van der Waals surface area contributed by atoms with Crippen LogP contribution < -0.4 is 14.9 Å². The van der Waals surface area contributed by atoms with Gasteiger partial charge < -0.3 is 14.6 Å². The Kier molecular flexibility index (Phi) is 6.68. The highest BCUT2D eigenvalue weighted by Crippen LogP contribution is 2.31. The number of benzene rings is 2. The number of hydrogen-bond donors (Lipinski definition) is 2. The summed E-state index contributed by atoms with van der Waals surface area (Å²) in [6.45, 7) is -0.186. The number of hydrogen-bond acceptors (Lipinski definition) is 5. The van der Waals surface area contributed by atoms with Crippen molar-refractivity contribution in [3.05, 3.63) is 50.6 Å². The lowest BCUT2D eigenvalue weighted by Gasteiger charge is -2.06. The third kappa shape index (κ3) is 5.27. The van der Waals surface area contributed by atoms with Crippen LogP contribution in [-0.2, 0) is 4.79 Å². The minimum atomic E-state index is -0.410. The molecule has 0 aliphatic rings. The Bertz CT molecular complexity index is 768. The maximum Gasteiger partial charge on any atom is 0.277 e. The fourth-order valence-electron chi connectivity index (χ4n) is 1.74. The highest BCUT2D eigenvalue weighted by atomic mass is 127. The molecule has 2 aromatic rings. The van der Waals surface area contributed by atoms with E-state index in [2.05, 4.69) is 10.5 Å². The van der Waals surface area contributed by atoms with Crippen molar-refractivity contribution in [3.63, 3.8) is 0 Å². The second kappa shape index (κ2) is 8.74. The zero-order valence-electron chi connectivity index (χ0n) is 12.6. The number of phenolic OH excluding ortho intramolecular Hbond substituents is 1. The SMILES string of the molecule is COc1cc(/C=N/NC(=O)COc2cccc(Cl)c2)cc(I)c1O. The molecule has 0 aromatic heterocycles. The van der Waals surface area contributed by atoms with Crippen molar-refractivity contribution in [1.29, 1.82) is 0 Å². The number of nitrogens with zero attached hydrogens (tertiary/aromatic N) is 1. The molecule has 0 atom stereocenters. The standard InChI is InChI=1S/C16H14ClIN2O4/c1-23-14-6-10(5-13(18)16(14)22)8-19-20-15(21)9-24-12-4-2-3-11(17)7-12/h2-8,22H,9H2,1H3,(H,20,21)/b19-8+. The van der Waals surface area contributed by atoms with Crippen LogP contribution in [0, 0.1) is 3.57 Å². The number of hydrazone groups is 1. The van der Waals surface area contributed by atoms with E-state index < -0.39 is 5.91 Å². The van der Waals surface area contributed by atoms with Gasteiger partial charge in [-0.3, -0.25) is 4.79 Å². The first-order chi connectivity index (χ1) is 11.5. The summed E-state index contributed by atoms with van der Waals surface area (Å²) in [6, 6.07) is 10.1. The number of amides is 1. The van der Waals surface area contributed by atoms with Crippen LogP contribution >= 0.6 is 34.2 Å². The quantitative estimate of drug-likeness (QED) is 0.394. The van der Waals surface area contributed by atoms with Crippen LogP contribution in [0.15, 0.2) is 41.5 Å². The van der Waals surface area contributed by atoms with E-state index in [1.165, 1.54) is 13.3 Å². The Morgan fingerprint density at radius 1 is 1.42 bits per heavy atom. The van der Waals surface area contributed by atoms with E-state index in [1.807, 2.05) is 22.6 Å². The molecule has 6 nitrogen and oxygen atoms in total. The van der Waals surface area contributed by atoms with E-state index in [0.29, 0.717) is 25.7 Å². The lowest BCUT2D eigenvalue weighted by Crippen LogP contribution is -2.24. The number of methoxy groups -OCH3 is 1. The van der Waals surface area contributed by atoms with E-state index >= 15 is 0 Å². The molecule has 0 bridgehead atoms. The van der Waals surface area contributed by atoms with E-state index in [0.717, 1.165) is 0 Å². The number of halogens is 2. The number of phenols is 1. The fourth-order valence-corrected chi connectivity index (χ4v) is 2.55. The lowest BCUT2D eigenvalue weighted by atomic mass is 10.2. The van der Waals surface area contributed by atoms with Crippen LogP contribution in [0.5, 0.6) is 17.2 Å². The molecule has 0 heterocycles. The summed E-state index contributed by atoms with van der Waals surface area (Å²) < 4.78 is 11.0. The van der Waals surface area contributed by atoms with Crippen molar-refractivity contribution in [2.75, 3.05) is 13.7 Å². The van der Waals surface area contributed by atoms with E-state index in [-0.39, 0.29) is 12.4 Å². The van der Waals surface area contributed by atoms with Gasteiger partial charge in [0, 0.05) is 5.02 Å². The summed E-state index contributed by atoms with van der Waals surface area (Å²) in [4.78, 5) is 11.7. The Labute approximate surface area is 157 Å². The Hall–Kier alpha value is -2.00. The van der Waals surface area contributed by atoms with Crippen LogP contribution in [0.1, 0.15) is 5.56 Å². The number of aromatic hydroxyl groups is 1. The van der Waals surface area contributed by atoms with Gasteiger partial charge in [0.15, 0.2) is 18.1 Å². The molecule has 0 aliphatic heterocycles. The van der Waals surface area contributed by atoms with Crippen molar-refractivity contribution >= 4 is 46.3 Å². The molecule has 0 saturated heterocycles. The van der Waals surface area contributed by atoms with Crippen molar-refractivity contribution in [3.8, 4) is 17.2 Å². The molecule has 0 aliphatic carbocycles. The maximum atomic E-state index is 11.7. The Morgan fingerprint density at radius 2 is 2.21 bits per heavy atom. The molecule has 2 rings (SSSR count). The maximum absolute atomic E-state index is 11.7. The highest BCUT2D eigenvalue weighted by molar-refractivity contribution is 14.1. The molecule has 0 radical (unpaired) electrons. The molecule has 0 spiro atoms. The van der Waals surface area contributed by atoms with Gasteiger partial charge in [-0.05, 0) is 58.5 Å². The van der Waals surface area contributed by atoms with Crippen molar-refractivity contribution in [2.45, 2.75) is 0 Å². The summed E-state index contributed by atoms with van der Waals surface area (Å²) in [5.41, 5.74) is 3.03. The molecule has 0 fully saturated rings. The predicted octanol–water partition coefficient (Wildman–Crippen LogP) is 3.19. The Balaban J connectivity index is 1.89. The third-order valence-electron chi connectivity index (χ3n) is 2.84. The van der Waals surface area contributed by atoms with Gasteiger partial charge in [-0.2, -0.15) is 5.10 Å². The average Bonchev–Trinajstić information content (AvgIpc) is 2.56. The molecule has 2 N–H and O–H groups in total. The van der Waals surface area contributed by atoms with E-state index in [4.69, 9.17) is 21.1 Å². The van der Waals surface area contributed by atoms with Crippen LogP contribution in [0.25, 0.3) is 0 Å². The molecular weight excluding hydrogens is 447 g/mol. The van der Waals surface area contributed by atoms with Gasteiger partial charge in [0.2, 0.25) is 0 Å². The Morgan fingerprint density at radius 3 is 2.92 bits per heavy atom. The van der Waals surface area contributed by atoms with Gasteiger partial charge in [-0.1, -0.05) is 17.7 Å². The molecule has 1 amide bonds. The summed E-state index contributed by atoms with van der Waals surface area (Å²) in [5, 5.41) is 14.1. The molecular formula is C16H14ClIN2O4. The number of carbonyl (C=O) groups excluding carboxylic acids is 1. The highest BCUT2D eigenvalue weighted by Gasteiger charge is 2.07. The first-order valence-electron chi connectivity index (χ1n) is 6.76. The van der Waals surface area contributed by atoms with Crippen molar-refractivity contribution in [1.82, 2.24) is 5.43 Å². The van der Waals surface area contributed by atoms with Gasteiger partial charge in [0.05, 0.1) is 16.9 Å². The van der Waals surface area contributed by atoms with Gasteiger partial charge >= 0.3 is 0 Å². The van der Waals surface area contributed by atoms with Crippen molar-refractivity contribution < 1.29 is 19.4 Å². The number of nitrogens with one attached hydrogen (secondary N) is 1. The third-order valence-corrected chi connectivity index (χ3v) is 3.90. The largest absolute Gasteiger partial charge is 0.504 e. The number of rotatable bonds is 6. The normalized spacial score (nSPS) is 10.6. The van der Waals surface area contributed by atoms with Gasteiger partial charge in [-0.25, -0.2) is 5.43 Å². The average molecular weight is 461 g/mol. The smallest absolute Gasteiger partial charge is 0.277 e. The number of ether oxygens (including phenoxy) is 2. The van der Waals surface area contributed by atoms with Gasteiger partial charge in [-0.15, -0.1) is 0 Å². The first-order valence-corrected chi connectivity index (χ1v) is 8.22. The van der Waals surface area contributed by atoms with Crippen LogP contribution in [0.4, 0.5) is 0 Å². The minimum Gasteiger partial charge on any atom is -0.504 e. The molecule has 0 unspecified atom stereocenters. The monoisotopic (exact) mass is 460 g/mol. The van der Waals surface area contributed by atoms with E-state index in [1.54, 1.807) is 36.4 Å². The second-order valence-corrected chi connectivity index (χ2v) is 6.19. The van der Waals surface area contributed by atoms with Crippen LogP contribution in [0.2, 0.25) is 5.02 Å². The molecule has 126 valence electrons. The minimum absolute atomic E-state index is 0.0641. The fraction of sp³-hybridized carbons (Fsp3) is 0.125. The molecule has 8 heteroatoms. The van der Waals surface area contributed by atoms with Crippen LogP contribution in [-0.4, -0.2) is 30.9 Å². The van der Waals surface area contributed by atoms with Crippen molar-refractivity contribution in [2.24, 2.45) is 5.10 Å². The first kappa shape index (κ1) is 18.3. The zero-order valence-corrected chi connectivity index (χ0v) is 15.5. The summed E-state index contributed by atoms with van der Waals surface area (Å²) >= 11 is 7.80.